The number of carbonyl (C=O) groups excluding carboxylic acids is 2. The average Bonchev–Trinajstić information content (AvgIpc) is 2.76. The van der Waals surface area contributed by atoms with Gasteiger partial charge in [0.1, 0.15) is 6.54 Å². The highest BCUT2D eigenvalue weighted by molar-refractivity contribution is 5.85. The molecular weight excluding hydrogens is 384 g/mol. The third-order valence-electron chi connectivity index (χ3n) is 4.77. The van der Waals surface area contributed by atoms with E-state index in [4.69, 9.17) is 0 Å². The van der Waals surface area contributed by atoms with Crippen molar-refractivity contribution in [1.29, 1.82) is 0 Å². The van der Waals surface area contributed by atoms with Gasteiger partial charge in [0.2, 0.25) is 11.8 Å². The molecule has 0 atom stereocenters. The molecule has 156 valence electrons. The highest BCUT2D eigenvalue weighted by Gasteiger charge is 2.14. The van der Waals surface area contributed by atoms with Gasteiger partial charge in [-0.1, -0.05) is 42.5 Å². The van der Waals surface area contributed by atoms with Crippen molar-refractivity contribution in [3.8, 4) is 0 Å². The van der Waals surface area contributed by atoms with E-state index in [0.717, 1.165) is 10.1 Å². The highest BCUT2D eigenvalue weighted by atomic mass is 16.2. The summed E-state index contributed by atoms with van der Waals surface area (Å²) in [7, 11) is 0. The Balaban J connectivity index is 1.61. The summed E-state index contributed by atoms with van der Waals surface area (Å²) in [5, 5.41) is 5.64. The number of nitrogens with one attached hydrogen (secondary N) is 2. The Bertz CT molecular complexity index is 1170. The smallest absolute Gasteiger partial charge is 0.331 e. The van der Waals surface area contributed by atoms with E-state index in [-0.39, 0.29) is 31.1 Å². The molecule has 2 aromatic carbocycles. The van der Waals surface area contributed by atoms with Crippen LogP contribution in [0.3, 0.4) is 0 Å². The fourth-order valence-electron chi connectivity index (χ4n) is 3.23. The average molecular weight is 408 g/mol. The van der Waals surface area contributed by atoms with Crippen molar-refractivity contribution in [2.75, 3.05) is 13.1 Å². The first kappa shape index (κ1) is 21.0. The molecule has 2 amide bonds. The molecule has 0 radical (unpaired) electrons. The molecule has 8 heteroatoms. The topological polar surface area (TPSA) is 102 Å². The number of aromatic nitrogens is 2. The van der Waals surface area contributed by atoms with Crippen molar-refractivity contribution in [1.82, 2.24) is 19.8 Å². The van der Waals surface area contributed by atoms with Crippen LogP contribution in [0.25, 0.3) is 10.9 Å². The number of fused-ring (bicyclic) bond motifs is 1. The molecule has 0 aliphatic rings. The predicted octanol–water partition coefficient (Wildman–Crippen LogP) is 0.658. The number of amides is 2. The van der Waals surface area contributed by atoms with Crippen LogP contribution in [-0.2, 0) is 29.1 Å². The molecule has 2 N–H and O–H groups in total. The van der Waals surface area contributed by atoms with Crippen molar-refractivity contribution in [3.05, 3.63) is 81.0 Å². The first-order valence-corrected chi connectivity index (χ1v) is 9.81. The van der Waals surface area contributed by atoms with Crippen LogP contribution in [0, 0.1) is 0 Å². The summed E-state index contributed by atoms with van der Waals surface area (Å²) in [6, 6.07) is 16.4. The molecule has 0 bridgehead atoms. The van der Waals surface area contributed by atoms with E-state index >= 15 is 0 Å². The lowest BCUT2D eigenvalue weighted by Crippen LogP contribution is -2.44. The van der Waals surface area contributed by atoms with Gasteiger partial charge in [0.05, 0.1) is 17.4 Å². The molecule has 8 nitrogen and oxygen atoms in total. The Morgan fingerprint density at radius 3 is 2.30 bits per heavy atom. The van der Waals surface area contributed by atoms with Gasteiger partial charge in [-0.15, -0.1) is 0 Å². The van der Waals surface area contributed by atoms with Crippen LogP contribution in [0.4, 0.5) is 0 Å². The summed E-state index contributed by atoms with van der Waals surface area (Å²) in [6.07, 6.45) is 0.695. The standard InChI is InChI=1S/C22H24N4O4/c1-2-25-21(29)17-10-6-7-11-18(17)26(22(25)30)15-20(28)24-14-19(27)23-13-12-16-8-4-3-5-9-16/h3-11H,2,12-15H2,1H3,(H,23,27)(H,24,28). The van der Waals surface area contributed by atoms with Crippen LogP contribution in [0.5, 0.6) is 0 Å². The maximum absolute atomic E-state index is 12.7. The lowest BCUT2D eigenvalue weighted by molar-refractivity contribution is -0.126. The van der Waals surface area contributed by atoms with Crippen LogP contribution in [0.2, 0.25) is 0 Å². The van der Waals surface area contributed by atoms with Gasteiger partial charge in [-0.25, -0.2) is 4.79 Å². The fraction of sp³-hybridized carbons (Fsp3) is 0.273. The molecule has 0 unspecified atom stereocenters. The summed E-state index contributed by atoms with van der Waals surface area (Å²) in [5.41, 5.74) is 0.565. The minimum Gasteiger partial charge on any atom is -0.354 e. The molecule has 0 aliphatic heterocycles. The number of benzene rings is 2. The molecule has 0 saturated heterocycles. The van der Waals surface area contributed by atoms with Crippen molar-refractivity contribution in [3.63, 3.8) is 0 Å². The van der Waals surface area contributed by atoms with Crippen LogP contribution in [0.15, 0.2) is 64.2 Å². The monoisotopic (exact) mass is 408 g/mol. The minimum absolute atomic E-state index is 0.187. The van der Waals surface area contributed by atoms with E-state index in [2.05, 4.69) is 10.6 Å². The third-order valence-corrected chi connectivity index (χ3v) is 4.77. The highest BCUT2D eigenvalue weighted by Crippen LogP contribution is 2.07. The van der Waals surface area contributed by atoms with Gasteiger partial charge in [-0.05, 0) is 31.0 Å². The Labute approximate surface area is 173 Å². The largest absolute Gasteiger partial charge is 0.354 e. The van der Waals surface area contributed by atoms with E-state index in [1.165, 1.54) is 4.57 Å². The molecule has 0 spiro atoms. The van der Waals surface area contributed by atoms with Gasteiger partial charge in [-0.2, -0.15) is 0 Å². The SMILES string of the molecule is CCn1c(=O)c2ccccc2n(CC(=O)NCC(=O)NCCc2ccccc2)c1=O. The van der Waals surface area contributed by atoms with Crippen molar-refractivity contribution < 1.29 is 9.59 Å². The quantitative estimate of drug-likeness (QED) is 0.572. The Morgan fingerprint density at radius 1 is 0.867 bits per heavy atom. The lowest BCUT2D eigenvalue weighted by Gasteiger charge is -2.13. The molecule has 1 heterocycles. The van der Waals surface area contributed by atoms with E-state index in [1.807, 2.05) is 30.3 Å². The summed E-state index contributed by atoms with van der Waals surface area (Å²) in [6.45, 7) is 1.89. The molecule has 3 rings (SSSR count). The number of hydrogen-bond donors (Lipinski definition) is 2. The van der Waals surface area contributed by atoms with Crippen molar-refractivity contribution in [2.45, 2.75) is 26.4 Å². The van der Waals surface area contributed by atoms with E-state index < -0.39 is 11.6 Å². The molecule has 0 saturated carbocycles. The van der Waals surface area contributed by atoms with Crippen LogP contribution in [0.1, 0.15) is 12.5 Å². The van der Waals surface area contributed by atoms with Gasteiger partial charge in [0, 0.05) is 13.1 Å². The number of rotatable bonds is 8. The second-order valence-electron chi connectivity index (χ2n) is 6.80. The summed E-state index contributed by atoms with van der Waals surface area (Å²) in [4.78, 5) is 49.4. The van der Waals surface area contributed by atoms with Crippen molar-refractivity contribution in [2.24, 2.45) is 0 Å². The normalized spacial score (nSPS) is 10.7. The molecule has 0 aliphatic carbocycles. The Kier molecular flexibility index (Phi) is 6.79. The molecule has 1 aromatic heterocycles. The maximum atomic E-state index is 12.7. The zero-order valence-corrected chi connectivity index (χ0v) is 16.8. The molecule has 0 fully saturated rings. The zero-order chi connectivity index (χ0) is 21.5. The van der Waals surface area contributed by atoms with Gasteiger partial charge in [0.15, 0.2) is 0 Å². The number of hydrogen-bond acceptors (Lipinski definition) is 4. The fourth-order valence-corrected chi connectivity index (χ4v) is 3.23. The van der Waals surface area contributed by atoms with Gasteiger partial charge in [0.25, 0.3) is 5.56 Å². The van der Waals surface area contributed by atoms with Crippen molar-refractivity contribution >= 4 is 22.7 Å². The Hall–Kier alpha value is -3.68. The van der Waals surface area contributed by atoms with Gasteiger partial charge >= 0.3 is 5.69 Å². The first-order chi connectivity index (χ1) is 14.5. The van der Waals surface area contributed by atoms with Crippen LogP contribution < -0.4 is 21.9 Å². The summed E-state index contributed by atoms with van der Waals surface area (Å²) < 4.78 is 2.34. The van der Waals surface area contributed by atoms with E-state index in [9.17, 15) is 19.2 Å². The number of para-hydroxylation sites is 1. The first-order valence-electron chi connectivity index (χ1n) is 9.81. The molecular formula is C22H24N4O4. The van der Waals surface area contributed by atoms with Gasteiger partial charge in [-0.3, -0.25) is 23.5 Å². The molecule has 3 aromatic rings. The van der Waals surface area contributed by atoms with Gasteiger partial charge < -0.3 is 10.6 Å². The predicted molar refractivity (Wildman–Crippen MR) is 114 cm³/mol. The lowest BCUT2D eigenvalue weighted by atomic mass is 10.1. The second-order valence-corrected chi connectivity index (χ2v) is 6.80. The summed E-state index contributed by atoms with van der Waals surface area (Å²) >= 11 is 0. The number of nitrogens with zero attached hydrogens (tertiary/aromatic N) is 2. The van der Waals surface area contributed by atoms with Crippen LogP contribution >= 0.6 is 0 Å². The summed E-state index contributed by atoms with van der Waals surface area (Å²) in [5.74, 6) is -0.795. The maximum Gasteiger partial charge on any atom is 0.331 e. The third kappa shape index (κ3) is 4.83. The van der Waals surface area contributed by atoms with E-state index in [0.29, 0.717) is 23.9 Å². The Morgan fingerprint density at radius 2 is 1.57 bits per heavy atom. The molecule has 30 heavy (non-hydrogen) atoms. The minimum atomic E-state index is -0.552. The zero-order valence-electron chi connectivity index (χ0n) is 16.8. The second kappa shape index (κ2) is 9.69. The van der Waals surface area contributed by atoms with E-state index in [1.54, 1.807) is 31.2 Å². The number of carbonyl (C=O) groups is 2. The van der Waals surface area contributed by atoms with Crippen LogP contribution in [-0.4, -0.2) is 34.0 Å².